The molecule has 1 N–H and O–H groups in total. The SMILES string of the molecule is COc1cccc(CN(C(=O)COc2ccc(I)cc2)[C@@H](Cc2ccccc2)C(=O)NC(C)(C)C)c1. The zero-order valence-electron chi connectivity index (χ0n) is 21.2. The third kappa shape index (κ3) is 8.55. The summed E-state index contributed by atoms with van der Waals surface area (Å²) in [5, 5.41) is 3.06. The van der Waals surface area contributed by atoms with Gasteiger partial charge >= 0.3 is 0 Å². The summed E-state index contributed by atoms with van der Waals surface area (Å²) in [4.78, 5) is 28.8. The van der Waals surface area contributed by atoms with E-state index in [0.717, 1.165) is 14.7 Å². The Morgan fingerprint density at radius 2 is 1.58 bits per heavy atom. The van der Waals surface area contributed by atoms with Crippen molar-refractivity contribution in [2.75, 3.05) is 13.7 Å². The lowest BCUT2D eigenvalue weighted by Crippen LogP contribution is -2.55. The van der Waals surface area contributed by atoms with Crippen molar-refractivity contribution >= 4 is 34.4 Å². The van der Waals surface area contributed by atoms with E-state index in [2.05, 4.69) is 27.9 Å². The van der Waals surface area contributed by atoms with E-state index in [4.69, 9.17) is 9.47 Å². The molecule has 0 saturated heterocycles. The van der Waals surface area contributed by atoms with Gasteiger partial charge in [-0.25, -0.2) is 0 Å². The zero-order valence-corrected chi connectivity index (χ0v) is 23.3. The number of carbonyl (C=O) groups excluding carboxylic acids is 2. The average Bonchev–Trinajstić information content (AvgIpc) is 2.85. The molecule has 0 aliphatic heterocycles. The monoisotopic (exact) mass is 600 g/mol. The maximum Gasteiger partial charge on any atom is 0.261 e. The highest BCUT2D eigenvalue weighted by atomic mass is 127. The Morgan fingerprint density at radius 1 is 0.917 bits per heavy atom. The summed E-state index contributed by atoms with van der Waals surface area (Å²) in [5.74, 6) is 0.802. The van der Waals surface area contributed by atoms with Crippen molar-refractivity contribution < 1.29 is 19.1 Å². The molecule has 0 heterocycles. The van der Waals surface area contributed by atoms with Gasteiger partial charge in [0, 0.05) is 22.1 Å². The molecule has 3 rings (SSSR count). The fourth-order valence-electron chi connectivity index (χ4n) is 3.73. The Kier molecular flexibility index (Phi) is 9.75. The molecule has 3 aromatic rings. The largest absolute Gasteiger partial charge is 0.497 e. The highest BCUT2D eigenvalue weighted by Gasteiger charge is 2.32. The van der Waals surface area contributed by atoms with Gasteiger partial charge in [-0.05, 0) is 90.9 Å². The van der Waals surface area contributed by atoms with Crippen LogP contribution in [0, 0.1) is 3.57 Å². The lowest BCUT2D eigenvalue weighted by molar-refractivity contribution is -0.143. The first-order valence-electron chi connectivity index (χ1n) is 11.8. The minimum Gasteiger partial charge on any atom is -0.497 e. The molecule has 36 heavy (non-hydrogen) atoms. The lowest BCUT2D eigenvalue weighted by Gasteiger charge is -2.33. The molecule has 2 amide bonds. The van der Waals surface area contributed by atoms with Crippen LogP contribution < -0.4 is 14.8 Å². The second-order valence-corrected chi connectivity index (χ2v) is 10.8. The van der Waals surface area contributed by atoms with Crippen molar-refractivity contribution in [3.8, 4) is 11.5 Å². The van der Waals surface area contributed by atoms with E-state index >= 15 is 0 Å². The predicted octanol–water partition coefficient (Wildman–Crippen LogP) is 5.23. The normalized spacial score (nSPS) is 11.9. The molecule has 0 spiro atoms. The number of hydrogen-bond donors (Lipinski definition) is 1. The van der Waals surface area contributed by atoms with Crippen LogP contribution in [0.15, 0.2) is 78.9 Å². The molecular weight excluding hydrogens is 567 g/mol. The number of ether oxygens (including phenoxy) is 2. The van der Waals surface area contributed by atoms with Gasteiger partial charge < -0.3 is 19.7 Å². The Hall–Kier alpha value is -3.07. The van der Waals surface area contributed by atoms with Crippen molar-refractivity contribution in [3.05, 3.63) is 93.6 Å². The number of hydrogen-bond acceptors (Lipinski definition) is 4. The molecular formula is C29H33IN2O4. The maximum absolute atomic E-state index is 13.6. The topological polar surface area (TPSA) is 67.9 Å². The molecule has 0 fully saturated rings. The van der Waals surface area contributed by atoms with Crippen LogP contribution in [-0.4, -0.2) is 42.0 Å². The molecule has 0 radical (unpaired) electrons. The standard InChI is InChI=1S/C29H33IN2O4/c1-29(2,3)31-28(34)26(18-21-9-6-5-7-10-21)32(19-22-11-8-12-25(17-22)35-4)27(33)20-36-24-15-13-23(30)14-16-24/h5-17,26H,18-20H2,1-4H3,(H,31,34)/t26-/m0/s1. The summed E-state index contributed by atoms with van der Waals surface area (Å²) in [7, 11) is 1.60. The van der Waals surface area contributed by atoms with Crippen LogP contribution in [0.5, 0.6) is 11.5 Å². The van der Waals surface area contributed by atoms with Crippen LogP contribution in [0.3, 0.4) is 0 Å². The van der Waals surface area contributed by atoms with Gasteiger partial charge in [-0.1, -0.05) is 42.5 Å². The summed E-state index contributed by atoms with van der Waals surface area (Å²) in [6, 6.07) is 24.0. The second kappa shape index (κ2) is 12.8. The molecule has 0 aliphatic carbocycles. The fraction of sp³-hybridized carbons (Fsp3) is 0.310. The smallest absolute Gasteiger partial charge is 0.261 e. The molecule has 0 bridgehead atoms. The van der Waals surface area contributed by atoms with Gasteiger partial charge in [0.15, 0.2) is 6.61 Å². The van der Waals surface area contributed by atoms with Gasteiger partial charge in [-0.15, -0.1) is 0 Å². The highest BCUT2D eigenvalue weighted by molar-refractivity contribution is 14.1. The van der Waals surface area contributed by atoms with E-state index < -0.39 is 11.6 Å². The fourth-order valence-corrected chi connectivity index (χ4v) is 4.09. The van der Waals surface area contributed by atoms with Gasteiger partial charge in [0.25, 0.3) is 5.91 Å². The van der Waals surface area contributed by atoms with E-state index in [0.29, 0.717) is 17.9 Å². The Balaban J connectivity index is 1.93. The van der Waals surface area contributed by atoms with Gasteiger partial charge in [-0.3, -0.25) is 9.59 Å². The maximum atomic E-state index is 13.6. The average molecular weight is 600 g/mol. The van der Waals surface area contributed by atoms with E-state index in [1.54, 1.807) is 12.0 Å². The second-order valence-electron chi connectivity index (χ2n) is 9.56. The predicted molar refractivity (Wildman–Crippen MR) is 150 cm³/mol. The van der Waals surface area contributed by atoms with E-state index in [1.807, 2.05) is 99.6 Å². The van der Waals surface area contributed by atoms with E-state index in [1.165, 1.54) is 0 Å². The Morgan fingerprint density at radius 3 is 2.22 bits per heavy atom. The number of carbonyl (C=O) groups is 2. The van der Waals surface area contributed by atoms with Crippen molar-refractivity contribution in [3.63, 3.8) is 0 Å². The Labute approximate surface area is 227 Å². The third-order valence-electron chi connectivity index (χ3n) is 5.43. The molecule has 0 unspecified atom stereocenters. The number of nitrogens with zero attached hydrogens (tertiary/aromatic N) is 1. The van der Waals surface area contributed by atoms with E-state index in [-0.39, 0.29) is 25.0 Å². The summed E-state index contributed by atoms with van der Waals surface area (Å²) in [6.07, 6.45) is 0.377. The van der Waals surface area contributed by atoms with Crippen LogP contribution in [0.25, 0.3) is 0 Å². The van der Waals surface area contributed by atoms with Gasteiger partial charge in [0.1, 0.15) is 17.5 Å². The van der Waals surface area contributed by atoms with Crippen molar-refractivity contribution in [2.45, 2.75) is 45.3 Å². The molecule has 0 aromatic heterocycles. The number of amides is 2. The van der Waals surface area contributed by atoms with Crippen molar-refractivity contribution in [1.29, 1.82) is 0 Å². The highest BCUT2D eigenvalue weighted by Crippen LogP contribution is 2.20. The first kappa shape index (κ1) is 27.5. The van der Waals surface area contributed by atoms with Gasteiger partial charge in [-0.2, -0.15) is 0 Å². The third-order valence-corrected chi connectivity index (χ3v) is 6.15. The molecule has 6 nitrogen and oxygen atoms in total. The minimum atomic E-state index is -0.731. The van der Waals surface area contributed by atoms with Crippen LogP contribution in [0.4, 0.5) is 0 Å². The minimum absolute atomic E-state index is 0.182. The van der Waals surface area contributed by atoms with Crippen molar-refractivity contribution in [2.24, 2.45) is 0 Å². The van der Waals surface area contributed by atoms with Gasteiger partial charge in [0.05, 0.1) is 7.11 Å². The summed E-state index contributed by atoms with van der Waals surface area (Å²) < 4.78 is 12.3. The molecule has 0 aliphatic rings. The zero-order chi connectivity index (χ0) is 26.1. The molecule has 0 saturated carbocycles. The number of benzene rings is 3. The van der Waals surface area contributed by atoms with Crippen LogP contribution in [0.1, 0.15) is 31.9 Å². The number of methoxy groups -OCH3 is 1. The van der Waals surface area contributed by atoms with E-state index in [9.17, 15) is 9.59 Å². The first-order valence-corrected chi connectivity index (χ1v) is 12.9. The van der Waals surface area contributed by atoms with Crippen molar-refractivity contribution in [1.82, 2.24) is 10.2 Å². The molecule has 190 valence electrons. The summed E-state index contributed by atoms with van der Waals surface area (Å²) >= 11 is 2.22. The Bertz CT molecular complexity index is 1140. The molecule has 3 aromatic carbocycles. The summed E-state index contributed by atoms with van der Waals surface area (Å²) in [6.45, 7) is 5.84. The van der Waals surface area contributed by atoms with Gasteiger partial charge in [0.2, 0.25) is 5.91 Å². The lowest BCUT2D eigenvalue weighted by atomic mass is 10.0. The first-order chi connectivity index (χ1) is 17.1. The number of halogens is 1. The number of rotatable bonds is 10. The molecule has 1 atom stereocenters. The van der Waals surface area contributed by atoms with Crippen LogP contribution >= 0.6 is 22.6 Å². The molecule has 7 heteroatoms. The summed E-state index contributed by atoms with van der Waals surface area (Å²) in [5.41, 5.74) is 1.38. The quantitative estimate of drug-likeness (QED) is 0.324. The number of nitrogens with one attached hydrogen (secondary N) is 1. The van der Waals surface area contributed by atoms with Crippen LogP contribution in [0.2, 0.25) is 0 Å². The van der Waals surface area contributed by atoms with Crippen LogP contribution in [-0.2, 0) is 22.6 Å².